The van der Waals surface area contributed by atoms with E-state index in [1.54, 1.807) is 6.92 Å². The summed E-state index contributed by atoms with van der Waals surface area (Å²) in [6.07, 6.45) is 2.07. The Bertz CT molecular complexity index is 928. The first-order valence-electron chi connectivity index (χ1n) is 10.4. The predicted molar refractivity (Wildman–Crippen MR) is 117 cm³/mol. The normalized spacial score (nSPS) is 19.5. The van der Waals surface area contributed by atoms with Gasteiger partial charge in [-0.25, -0.2) is 4.79 Å². The summed E-state index contributed by atoms with van der Waals surface area (Å²) in [5.41, 5.74) is 1.84. The Kier molecular flexibility index (Phi) is 6.55. The van der Waals surface area contributed by atoms with Gasteiger partial charge in [-0.3, -0.25) is 14.5 Å². The number of rotatable bonds is 8. The van der Waals surface area contributed by atoms with E-state index in [-0.39, 0.29) is 18.4 Å². The number of hydrogen-bond acceptors (Lipinski definition) is 3. The predicted octanol–water partition coefficient (Wildman–Crippen LogP) is 4.08. The van der Waals surface area contributed by atoms with Crippen molar-refractivity contribution >= 4 is 23.5 Å². The van der Waals surface area contributed by atoms with Crippen molar-refractivity contribution in [1.82, 2.24) is 10.2 Å². The molecule has 0 unspecified atom stereocenters. The summed E-state index contributed by atoms with van der Waals surface area (Å²) in [7, 11) is 0. The minimum atomic E-state index is -1.01. The number of imide groups is 1. The van der Waals surface area contributed by atoms with Gasteiger partial charge in [-0.05, 0) is 49.3 Å². The molecular weight excluding hydrogens is 378 g/mol. The van der Waals surface area contributed by atoms with E-state index in [1.807, 2.05) is 54.6 Å². The van der Waals surface area contributed by atoms with E-state index in [9.17, 15) is 14.4 Å². The van der Waals surface area contributed by atoms with Gasteiger partial charge in [0, 0.05) is 5.69 Å². The number of carbonyl (C=O) groups is 3. The molecule has 1 heterocycles. The van der Waals surface area contributed by atoms with Gasteiger partial charge < -0.3 is 10.6 Å². The van der Waals surface area contributed by atoms with Gasteiger partial charge in [0.05, 0.1) is 0 Å². The first-order chi connectivity index (χ1) is 14.3. The number of amides is 4. The Morgan fingerprint density at radius 1 is 1.10 bits per heavy atom. The highest BCUT2D eigenvalue weighted by molar-refractivity contribution is 6.10. The van der Waals surface area contributed by atoms with Crippen LogP contribution in [0.4, 0.5) is 10.5 Å². The Labute approximate surface area is 177 Å². The topological polar surface area (TPSA) is 78.5 Å². The molecule has 2 N–H and O–H groups in total. The summed E-state index contributed by atoms with van der Waals surface area (Å²) in [4.78, 5) is 39.0. The van der Waals surface area contributed by atoms with Crippen molar-refractivity contribution < 1.29 is 14.4 Å². The van der Waals surface area contributed by atoms with Crippen LogP contribution in [0.2, 0.25) is 0 Å². The second kappa shape index (κ2) is 9.11. The zero-order valence-corrected chi connectivity index (χ0v) is 17.8. The van der Waals surface area contributed by atoms with E-state index in [2.05, 4.69) is 24.5 Å². The van der Waals surface area contributed by atoms with Crippen LogP contribution in [-0.2, 0) is 16.0 Å². The van der Waals surface area contributed by atoms with Crippen molar-refractivity contribution in [3.8, 4) is 0 Å². The molecule has 4 amide bonds. The zero-order valence-electron chi connectivity index (χ0n) is 17.8. The number of urea groups is 1. The zero-order chi connectivity index (χ0) is 21.7. The third kappa shape index (κ3) is 4.70. The lowest BCUT2D eigenvalue weighted by atomic mass is 9.93. The van der Waals surface area contributed by atoms with Gasteiger partial charge in [0.25, 0.3) is 5.91 Å². The number of nitrogens with one attached hydrogen (secondary N) is 2. The minimum absolute atomic E-state index is 0.291. The number of hydrogen-bond donors (Lipinski definition) is 2. The lowest BCUT2D eigenvalue weighted by Crippen LogP contribution is -2.45. The molecule has 0 radical (unpaired) electrons. The third-order valence-electron chi connectivity index (χ3n) is 5.78. The van der Waals surface area contributed by atoms with Crippen LogP contribution in [0.1, 0.15) is 50.7 Å². The van der Waals surface area contributed by atoms with E-state index < -0.39 is 11.6 Å². The van der Waals surface area contributed by atoms with Crippen LogP contribution in [0.15, 0.2) is 54.6 Å². The average Bonchev–Trinajstić information content (AvgIpc) is 2.96. The Morgan fingerprint density at radius 3 is 2.47 bits per heavy atom. The summed E-state index contributed by atoms with van der Waals surface area (Å²) in [5, 5.41) is 5.63. The fourth-order valence-electron chi connectivity index (χ4n) is 3.69. The van der Waals surface area contributed by atoms with Crippen molar-refractivity contribution in [1.29, 1.82) is 0 Å². The van der Waals surface area contributed by atoms with Crippen LogP contribution >= 0.6 is 0 Å². The van der Waals surface area contributed by atoms with Crippen LogP contribution < -0.4 is 10.6 Å². The highest BCUT2D eigenvalue weighted by Crippen LogP contribution is 2.27. The second-order valence-corrected chi connectivity index (χ2v) is 8.08. The van der Waals surface area contributed by atoms with E-state index in [0.717, 1.165) is 28.1 Å². The molecule has 30 heavy (non-hydrogen) atoms. The van der Waals surface area contributed by atoms with Crippen molar-refractivity contribution in [2.24, 2.45) is 0 Å². The minimum Gasteiger partial charge on any atom is -0.324 e. The molecule has 0 aliphatic carbocycles. The van der Waals surface area contributed by atoms with Crippen molar-refractivity contribution in [3.63, 3.8) is 0 Å². The van der Waals surface area contributed by atoms with Gasteiger partial charge in [-0.2, -0.15) is 0 Å². The van der Waals surface area contributed by atoms with Crippen molar-refractivity contribution in [3.05, 3.63) is 65.7 Å². The lowest BCUT2D eigenvalue weighted by molar-refractivity contribution is -0.133. The Balaban J connectivity index is 1.65. The molecule has 158 valence electrons. The van der Waals surface area contributed by atoms with Gasteiger partial charge in [-0.15, -0.1) is 0 Å². The first kappa shape index (κ1) is 21.6. The summed E-state index contributed by atoms with van der Waals surface area (Å²) in [6, 6.07) is 16.9. The maximum Gasteiger partial charge on any atom is 0.325 e. The fraction of sp³-hybridized carbons (Fsp3) is 0.375. The fourth-order valence-corrected chi connectivity index (χ4v) is 3.69. The largest absolute Gasteiger partial charge is 0.325 e. The van der Waals surface area contributed by atoms with Crippen LogP contribution in [-0.4, -0.2) is 34.8 Å². The van der Waals surface area contributed by atoms with E-state index in [4.69, 9.17) is 0 Å². The molecule has 2 atom stereocenters. The van der Waals surface area contributed by atoms with E-state index >= 15 is 0 Å². The average molecular weight is 408 g/mol. The maximum absolute atomic E-state index is 12.9. The molecule has 1 aliphatic heterocycles. The quantitative estimate of drug-likeness (QED) is 0.647. The molecule has 0 saturated carbocycles. The maximum atomic E-state index is 12.9. The first-order valence-corrected chi connectivity index (χ1v) is 10.4. The van der Waals surface area contributed by atoms with Crippen LogP contribution in [0, 0.1) is 0 Å². The molecule has 6 heteroatoms. The van der Waals surface area contributed by atoms with Crippen LogP contribution in [0.3, 0.4) is 0 Å². The highest BCUT2D eigenvalue weighted by atomic mass is 16.2. The number of para-hydroxylation sites is 1. The molecule has 1 saturated heterocycles. The Morgan fingerprint density at radius 2 is 1.77 bits per heavy atom. The molecule has 3 rings (SSSR count). The van der Waals surface area contributed by atoms with Crippen LogP contribution in [0.5, 0.6) is 0 Å². The van der Waals surface area contributed by atoms with Crippen molar-refractivity contribution in [2.45, 2.75) is 51.5 Å². The Hall–Kier alpha value is -3.15. The molecule has 2 aromatic carbocycles. The molecular formula is C24H29N3O3. The molecule has 0 bridgehead atoms. The van der Waals surface area contributed by atoms with Gasteiger partial charge in [-0.1, -0.05) is 62.4 Å². The standard InChI is InChI=1S/C24H29N3O3/c1-4-17(2)19-12-8-9-13-20(19)25-21(28)16-27-22(29)24(3,26-23(27)30)15-14-18-10-6-5-7-11-18/h5-13,17H,4,14-16H2,1-3H3,(H,25,28)(H,26,30)/t17-,24+/m0/s1. The number of anilines is 1. The number of benzene rings is 2. The summed E-state index contributed by atoms with van der Waals surface area (Å²) >= 11 is 0. The molecule has 6 nitrogen and oxygen atoms in total. The smallest absolute Gasteiger partial charge is 0.324 e. The SMILES string of the molecule is CC[C@H](C)c1ccccc1NC(=O)CN1C(=O)N[C@](C)(CCc2ccccc2)C1=O. The van der Waals surface area contributed by atoms with Crippen LogP contribution in [0.25, 0.3) is 0 Å². The monoisotopic (exact) mass is 407 g/mol. The second-order valence-electron chi connectivity index (χ2n) is 8.08. The molecule has 0 aromatic heterocycles. The van der Waals surface area contributed by atoms with E-state index in [0.29, 0.717) is 18.8 Å². The molecule has 0 spiro atoms. The van der Waals surface area contributed by atoms with E-state index in [1.165, 1.54) is 0 Å². The summed E-state index contributed by atoms with van der Waals surface area (Å²) in [6.45, 7) is 5.60. The van der Waals surface area contributed by atoms with Gasteiger partial charge in [0.15, 0.2) is 0 Å². The van der Waals surface area contributed by atoms with Gasteiger partial charge in [0.2, 0.25) is 5.91 Å². The lowest BCUT2D eigenvalue weighted by Gasteiger charge is -2.22. The van der Waals surface area contributed by atoms with Gasteiger partial charge in [0.1, 0.15) is 12.1 Å². The molecule has 1 fully saturated rings. The third-order valence-corrected chi connectivity index (χ3v) is 5.78. The number of aryl methyl sites for hydroxylation is 1. The van der Waals surface area contributed by atoms with Gasteiger partial charge >= 0.3 is 6.03 Å². The summed E-state index contributed by atoms with van der Waals surface area (Å²) in [5.74, 6) is -0.463. The van der Waals surface area contributed by atoms with Crippen molar-refractivity contribution in [2.75, 3.05) is 11.9 Å². The summed E-state index contributed by atoms with van der Waals surface area (Å²) < 4.78 is 0. The molecule has 2 aromatic rings. The molecule has 1 aliphatic rings. The number of carbonyl (C=O) groups excluding carboxylic acids is 3. The number of nitrogens with zero attached hydrogens (tertiary/aromatic N) is 1. The highest BCUT2D eigenvalue weighted by Gasteiger charge is 2.47.